The molecule has 0 radical (unpaired) electrons. The first-order valence-corrected chi connectivity index (χ1v) is 9.98. The van der Waals surface area contributed by atoms with Gasteiger partial charge >= 0.3 is 0 Å². The second-order valence-electron chi connectivity index (χ2n) is 5.67. The van der Waals surface area contributed by atoms with Crippen molar-refractivity contribution < 1.29 is 4.79 Å². The smallest absolute Gasteiger partial charge is 0.268 e. The normalized spacial score (nSPS) is 11.1. The van der Waals surface area contributed by atoms with E-state index in [2.05, 4.69) is 10.3 Å². The van der Waals surface area contributed by atoms with Gasteiger partial charge in [0.1, 0.15) is 11.6 Å². The highest BCUT2D eigenvalue weighted by molar-refractivity contribution is 7.15. The Labute approximate surface area is 181 Å². The molecule has 0 saturated heterocycles. The molecule has 0 saturated carbocycles. The Kier molecular flexibility index (Phi) is 6.71. The number of amides is 1. The largest absolute Gasteiger partial charge is 0.297 e. The summed E-state index contributed by atoms with van der Waals surface area (Å²) in [6, 6.07) is 14.3. The predicted molar refractivity (Wildman–Crippen MR) is 115 cm³/mol. The highest BCUT2D eigenvalue weighted by atomic mass is 35.5. The van der Waals surface area contributed by atoms with Gasteiger partial charge in [0, 0.05) is 22.5 Å². The van der Waals surface area contributed by atoms with Gasteiger partial charge in [0.25, 0.3) is 5.91 Å². The third-order valence-electron chi connectivity index (χ3n) is 3.74. The van der Waals surface area contributed by atoms with Gasteiger partial charge in [-0.15, -0.1) is 11.3 Å². The third-order valence-corrected chi connectivity index (χ3v) is 5.86. The first-order valence-electron chi connectivity index (χ1n) is 8.03. The molecule has 1 heterocycles. The lowest BCUT2D eigenvalue weighted by atomic mass is 10.1. The van der Waals surface area contributed by atoms with Crippen LogP contribution in [-0.2, 0) is 11.2 Å². The lowest BCUT2D eigenvalue weighted by molar-refractivity contribution is -0.112. The molecule has 3 rings (SSSR count). The maximum Gasteiger partial charge on any atom is 0.268 e. The van der Waals surface area contributed by atoms with Gasteiger partial charge in [-0.1, -0.05) is 65.1 Å². The van der Waals surface area contributed by atoms with Crippen LogP contribution >= 0.6 is 46.1 Å². The van der Waals surface area contributed by atoms with Gasteiger partial charge in [-0.3, -0.25) is 10.1 Å². The van der Waals surface area contributed by atoms with Crippen LogP contribution in [0.1, 0.15) is 16.0 Å². The number of carbonyl (C=O) groups is 1. The quantitative estimate of drug-likeness (QED) is 0.371. The number of halogens is 3. The second kappa shape index (κ2) is 9.22. The molecule has 0 aliphatic carbocycles. The minimum Gasteiger partial charge on any atom is -0.297 e. The minimum absolute atomic E-state index is 0.0669. The van der Waals surface area contributed by atoms with E-state index in [-0.39, 0.29) is 5.57 Å². The molecule has 0 fully saturated rings. The maximum atomic E-state index is 12.4. The highest BCUT2D eigenvalue weighted by Gasteiger charge is 2.14. The van der Waals surface area contributed by atoms with E-state index in [9.17, 15) is 10.1 Å². The minimum atomic E-state index is -0.552. The molecular weight excluding hydrogens is 437 g/mol. The van der Waals surface area contributed by atoms with E-state index in [0.29, 0.717) is 32.2 Å². The molecule has 1 N–H and O–H groups in total. The van der Waals surface area contributed by atoms with Crippen molar-refractivity contribution in [1.82, 2.24) is 4.98 Å². The van der Waals surface area contributed by atoms with Crippen LogP contribution in [0.2, 0.25) is 15.1 Å². The van der Waals surface area contributed by atoms with Crippen molar-refractivity contribution in [2.45, 2.75) is 6.42 Å². The molecule has 3 aromatic rings. The first-order chi connectivity index (χ1) is 13.5. The van der Waals surface area contributed by atoms with Crippen molar-refractivity contribution in [2.75, 3.05) is 5.32 Å². The Bertz CT molecular complexity index is 1100. The molecule has 0 atom stereocenters. The van der Waals surface area contributed by atoms with Gasteiger partial charge in [0.2, 0.25) is 0 Å². The number of nitrogens with zero attached hydrogens (tertiary/aromatic N) is 2. The van der Waals surface area contributed by atoms with E-state index in [1.54, 1.807) is 36.5 Å². The summed E-state index contributed by atoms with van der Waals surface area (Å²) in [5, 5.41) is 13.8. The number of hydrogen-bond acceptors (Lipinski definition) is 4. The number of benzene rings is 2. The van der Waals surface area contributed by atoms with E-state index in [4.69, 9.17) is 34.8 Å². The van der Waals surface area contributed by atoms with Gasteiger partial charge in [-0.05, 0) is 29.3 Å². The predicted octanol–water partition coefficient (Wildman–Crippen LogP) is 6.24. The molecule has 4 nitrogen and oxygen atoms in total. The fourth-order valence-electron chi connectivity index (χ4n) is 2.38. The number of aromatic nitrogens is 1. The number of anilines is 1. The monoisotopic (exact) mass is 447 g/mol. The summed E-state index contributed by atoms with van der Waals surface area (Å²) in [6.07, 6.45) is 3.63. The lowest BCUT2D eigenvalue weighted by Gasteiger charge is -2.03. The average Bonchev–Trinajstić information content (AvgIpc) is 3.11. The van der Waals surface area contributed by atoms with Crippen LogP contribution in [0.25, 0.3) is 6.08 Å². The van der Waals surface area contributed by atoms with Gasteiger partial charge in [-0.25, -0.2) is 4.98 Å². The maximum absolute atomic E-state index is 12.4. The van der Waals surface area contributed by atoms with Crippen LogP contribution in [0.3, 0.4) is 0 Å². The highest BCUT2D eigenvalue weighted by Crippen LogP contribution is 2.29. The molecule has 0 bridgehead atoms. The Balaban J connectivity index is 1.73. The van der Waals surface area contributed by atoms with Crippen molar-refractivity contribution in [3.63, 3.8) is 0 Å². The summed E-state index contributed by atoms with van der Waals surface area (Å²) >= 11 is 19.6. The van der Waals surface area contributed by atoms with Crippen LogP contribution < -0.4 is 5.32 Å². The molecule has 0 aliphatic rings. The summed E-state index contributed by atoms with van der Waals surface area (Å²) < 4.78 is 0. The number of rotatable bonds is 5. The Morgan fingerprint density at radius 1 is 1.14 bits per heavy atom. The van der Waals surface area contributed by atoms with E-state index >= 15 is 0 Å². The van der Waals surface area contributed by atoms with E-state index in [1.165, 1.54) is 17.4 Å². The van der Waals surface area contributed by atoms with Crippen molar-refractivity contribution in [1.29, 1.82) is 5.26 Å². The zero-order valence-corrected chi connectivity index (χ0v) is 17.3. The van der Waals surface area contributed by atoms with Crippen LogP contribution in [0, 0.1) is 11.3 Å². The van der Waals surface area contributed by atoms with Gasteiger partial charge in [0.15, 0.2) is 5.13 Å². The fourth-order valence-corrected chi connectivity index (χ4v) is 3.79. The molecule has 140 valence electrons. The summed E-state index contributed by atoms with van der Waals surface area (Å²) in [5.41, 5.74) is 1.39. The molecule has 28 heavy (non-hydrogen) atoms. The summed E-state index contributed by atoms with van der Waals surface area (Å²) in [7, 11) is 0. The summed E-state index contributed by atoms with van der Waals surface area (Å²) in [4.78, 5) is 17.5. The van der Waals surface area contributed by atoms with E-state index < -0.39 is 5.91 Å². The zero-order chi connectivity index (χ0) is 20.1. The molecule has 1 amide bonds. The standard InChI is InChI=1S/C20H12Cl3N3OS/c21-16-6-2-1-4-12(16)8-14(10-24)19(27)26-20-25-11-15(28-20)9-13-5-3-7-17(22)18(13)23/h1-8,11H,9H2,(H,25,26,27). The fraction of sp³-hybridized carbons (Fsp3) is 0.0500. The SMILES string of the molecule is N#CC(=Cc1ccccc1Cl)C(=O)Nc1ncc(Cc2cccc(Cl)c2Cl)s1. The molecule has 8 heteroatoms. The average molecular weight is 449 g/mol. The van der Waals surface area contributed by atoms with E-state index in [0.717, 1.165) is 10.4 Å². The van der Waals surface area contributed by atoms with Crippen molar-refractivity contribution >= 4 is 63.3 Å². The molecular formula is C20H12Cl3N3OS. The Hall–Kier alpha value is -2.36. The van der Waals surface area contributed by atoms with E-state index in [1.807, 2.05) is 18.2 Å². The van der Waals surface area contributed by atoms with Crippen molar-refractivity contribution in [3.8, 4) is 6.07 Å². The first kappa shape index (κ1) is 20.4. The van der Waals surface area contributed by atoms with Crippen LogP contribution in [0.4, 0.5) is 5.13 Å². The molecule has 0 unspecified atom stereocenters. The van der Waals surface area contributed by atoms with Gasteiger partial charge in [0.05, 0.1) is 10.0 Å². The molecule has 0 aliphatic heterocycles. The zero-order valence-electron chi connectivity index (χ0n) is 14.2. The molecule has 2 aromatic carbocycles. The number of nitriles is 1. The van der Waals surface area contributed by atoms with Gasteiger partial charge < -0.3 is 0 Å². The number of nitrogens with one attached hydrogen (secondary N) is 1. The van der Waals surface area contributed by atoms with Crippen LogP contribution in [-0.4, -0.2) is 10.9 Å². The second-order valence-corrected chi connectivity index (χ2v) is 7.97. The number of hydrogen-bond donors (Lipinski definition) is 1. The number of carbonyl (C=O) groups excluding carboxylic acids is 1. The van der Waals surface area contributed by atoms with Gasteiger partial charge in [-0.2, -0.15) is 5.26 Å². The molecule has 1 aromatic heterocycles. The molecule has 0 spiro atoms. The van der Waals surface area contributed by atoms with Crippen molar-refractivity contribution in [2.24, 2.45) is 0 Å². The van der Waals surface area contributed by atoms with Crippen LogP contribution in [0.5, 0.6) is 0 Å². The van der Waals surface area contributed by atoms with Crippen molar-refractivity contribution in [3.05, 3.63) is 85.3 Å². The number of thiazole rings is 1. The van der Waals surface area contributed by atoms with Crippen LogP contribution in [0.15, 0.2) is 54.2 Å². The summed E-state index contributed by atoms with van der Waals surface area (Å²) in [5.74, 6) is -0.552. The summed E-state index contributed by atoms with van der Waals surface area (Å²) in [6.45, 7) is 0. The lowest BCUT2D eigenvalue weighted by Crippen LogP contribution is -2.13. The Morgan fingerprint density at radius 3 is 2.64 bits per heavy atom. The Morgan fingerprint density at radius 2 is 1.89 bits per heavy atom. The third kappa shape index (κ3) is 4.92. The topological polar surface area (TPSA) is 65.8 Å².